The molecule has 0 fully saturated rings. The van der Waals surface area contributed by atoms with Crippen LogP contribution in [0.2, 0.25) is 0 Å². The number of rotatable bonds is 4. The quantitative estimate of drug-likeness (QED) is 0.346. The number of carbonyl (C=O) groups is 1. The average Bonchev–Trinajstić information content (AvgIpc) is 1.80. The van der Waals surface area contributed by atoms with E-state index in [0.717, 1.165) is 0 Å². The predicted octanol–water partition coefficient (Wildman–Crippen LogP) is -2.04. The van der Waals surface area contributed by atoms with Gasteiger partial charge >= 0.3 is 5.97 Å². The first-order chi connectivity index (χ1) is 4.48. The van der Waals surface area contributed by atoms with Crippen LogP contribution < -0.4 is 0 Å². The summed E-state index contributed by atoms with van der Waals surface area (Å²) in [6, 6.07) is 0. The zero-order valence-electron chi connectivity index (χ0n) is 5.32. The second-order valence-electron chi connectivity index (χ2n) is 1.89. The minimum Gasteiger partial charge on any atom is -0.396 e. The third-order valence-electron chi connectivity index (χ3n) is 0.936. The third-order valence-corrected chi connectivity index (χ3v) is 0.936. The summed E-state index contributed by atoms with van der Waals surface area (Å²) in [6.07, 6.45) is -0.137. The molecule has 0 atom stereocenters. The van der Waals surface area contributed by atoms with Gasteiger partial charge in [0, 0.05) is 13.0 Å². The highest BCUT2D eigenvalue weighted by Crippen LogP contribution is 2.00. The molecule has 0 aliphatic rings. The molecule has 0 amide bonds. The summed E-state index contributed by atoms with van der Waals surface area (Å²) in [5, 5.41) is 32.8. The van der Waals surface area contributed by atoms with Crippen molar-refractivity contribution in [3.63, 3.8) is 0 Å². The first-order valence-electron chi connectivity index (χ1n) is 2.79. The van der Waals surface area contributed by atoms with Crippen LogP contribution in [0.4, 0.5) is 0 Å². The highest BCUT2D eigenvalue weighted by atomic mass is 16.7. The van der Waals surface area contributed by atoms with E-state index >= 15 is 0 Å². The molecule has 0 unspecified atom stereocenters. The maximum atomic E-state index is 10.4. The summed E-state index contributed by atoms with van der Waals surface area (Å²) >= 11 is 0. The topological polar surface area (TPSA) is 98.0 Å². The zero-order valence-corrected chi connectivity index (χ0v) is 5.32. The van der Waals surface area contributed by atoms with Gasteiger partial charge in [-0.25, -0.2) is 0 Å². The smallest absolute Gasteiger partial charge is 0.339 e. The summed E-state index contributed by atoms with van der Waals surface area (Å²) in [7, 11) is 0. The molecule has 60 valence electrons. The van der Waals surface area contributed by atoms with Gasteiger partial charge in [-0.15, -0.1) is 0 Å². The van der Waals surface area contributed by atoms with Crippen molar-refractivity contribution in [2.75, 3.05) is 6.61 Å². The van der Waals surface area contributed by atoms with E-state index in [-0.39, 0.29) is 19.4 Å². The van der Waals surface area contributed by atoms with Crippen molar-refractivity contribution in [1.82, 2.24) is 0 Å². The van der Waals surface area contributed by atoms with E-state index in [9.17, 15) is 4.79 Å². The molecule has 5 nitrogen and oxygen atoms in total. The minimum absolute atomic E-state index is 0.113. The minimum atomic E-state index is -3.24. The largest absolute Gasteiger partial charge is 0.396 e. The lowest BCUT2D eigenvalue weighted by molar-refractivity contribution is -0.287. The first-order valence-corrected chi connectivity index (χ1v) is 2.79. The number of hydrogen-bond donors (Lipinski definition) is 4. The molecular formula is C5H10O5. The number of aliphatic hydroxyl groups excluding tert-OH is 1. The Morgan fingerprint density at radius 2 is 1.80 bits per heavy atom. The number of aliphatic hydroxyl groups is 4. The average molecular weight is 150 g/mol. The number of hydrogen-bond acceptors (Lipinski definition) is 5. The maximum absolute atomic E-state index is 10.4. The monoisotopic (exact) mass is 150 g/mol. The van der Waals surface area contributed by atoms with Gasteiger partial charge in [-0.2, -0.15) is 0 Å². The van der Waals surface area contributed by atoms with E-state index in [4.69, 9.17) is 20.4 Å². The number of ketones is 1. The molecule has 0 aliphatic heterocycles. The van der Waals surface area contributed by atoms with Crippen molar-refractivity contribution >= 4 is 5.78 Å². The van der Waals surface area contributed by atoms with Crippen LogP contribution in [0.1, 0.15) is 12.8 Å². The van der Waals surface area contributed by atoms with Gasteiger partial charge in [0.2, 0.25) is 5.78 Å². The summed E-state index contributed by atoms with van der Waals surface area (Å²) in [5.41, 5.74) is 0. The molecule has 0 heterocycles. The molecule has 0 aliphatic carbocycles. The molecule has 0 rings (SSSR count). The summed E-state index contributed by atoms with van der Waals surface area (Å²) < 4.78 is 0. The molecule has 0 saturated carbocycles. The van der Waals surface area contributed by atoms with Crippen molar-refractivity contribution in [3.8, 4) is 0 Å². The fraction of sp³-hybridized carbons (Fsp3) is 0.800. The van der Waals surface area contributed by atoms with Crippen LogP contribution in [0.25, 0.3) is 0 Å². The normalized spacial score (nSPS) is 11.6. The van der Waals surface area contributed by atoms with E-state index in [1.807, 2.05) is 0 Å². The van der Waals surface area contributed by atoms with Crippen molar-refractivity contribution in [2.45, 2.75) is 18.8 Å². The highest BCUT2D eigenvalue weighted by molar-refractivity contribution is 5.83. The van der Waals surface area contributed by atoms with Crippen molar-refractivity contribution in [2.24, 2.45) is 0 Å². The van der Waals surface area contributed by atoms with Gasteiger partial charge < -0.3 is 20.4 Å². The van der Waals surface area contributed by atoms with E-state index in [2.05, 4.69) is 0 Å². The summed E-state index contributed by atoms with van der Waals surface area (Å²) in [5.74, 6) is -4.35. The Bertz CT molecular complexity index is 114. The summed E-state index contributed by atoms with van der Waals surface area (Å²) in [4.78, 5) is 10.4. The molecule has 0 aromatic heterocycles. The fourth-order valence-corrected chi connectivity index (χ4v) is 0.407. The van der Waals surface area contributed by atoms with Gasteiger partial charge in [-0.05, 0) is 6.42 Å². The van der Waals surface area contributed by atoms with Crippen LogP contribution in [0.15, 0.2) is 0 Å². The van der Waals surface area contributed by atoms with Crippen LogP contribution >= 0.6 is 0 Å². The van der Waals surface area contributed by atoms with Crippen LogP contribution in [0, 0.1) is 0 Å². The standard InChI is InChI=1S/C5H10O5/c6-3-1-2-4(7)5(8,9)10/h6,8-10H,1-3H2. The number of carbonyl (C=O) groups excluding carboxylic acids is 1. The lowest BCUT2D eigenvalue weighted by Gasteiger charge is -2.10. The Balaban J connectivity index is 3.64. The molecule has 0 saturated heterocycles. The van der Waals surface area contributed by atoms with E-state index < -0.39 is 11.8 Å². The van der Waals surface area contributed by atoms with E-state index in [1.54, 1.807) is 0 Å². The second-order valence-corrected chi connectivity index (χ2v) is 1.89. The van der Waals surface area contributed by atoms with Crippen LogP contribution in [-0.4, -0.2) is 38.8 Å². The molecular weight excluding hydrogens is 140 g/mol. The molecule has 0 spiro atoms. The predicted molar refractivity (Wildman–Crippen MR) is 30.7 cm³/mol. The van der Waals surface area contributed by atoms with Crippen LogP contribution in [0.3, 0.4) is 0 Å². The molecule has 0 aromatic rings. The SMILES string of the molecule is O=C(CCCO)C(O)(O)O. The van der Waals surface area contributed by atoms with Crippen molar-refractivity contribution < 1.29 is 25.2 Å². The van der Waals surface area contributed by atoms with Gasteiger partial charge in [0.25, 0.3) is 0 Å². The summed E-state index contributed by atoms with van der Waals surface area (Å²) in [6.45, 7) is -0.220. The molecule has 10 heavy (non-hydrogen) atoms. The van der Waals surface area contributed by atoms with Gasteiger partial charge in [-0.1, -0.05) is 0 Å². The van der Waals surface area contributed by atoms with Crippen molar-refractivity contribution in [1.29, 1.82) is 0 Å². The van der Waals surface area contributed by atoms with Crippen LogP contribution in [-0.2, 0) is 4.79 Å². The van der Waals surface area contributed by atoms with Gasteiger partial charge in [0.15, 0.2) is 0 Å². The zero-order chi connectivity index (χ0) is 8.20. The Labute approximate surface area is 57.5 Å². The Hall–Kier alpha value is -0.490. The van der Waals surface area contributed by atoms with E-state index in [0.29, 0.717) is 0 Å². The highest BCUT2D eigenvalue weighted by Gasteiger charge is 2.28. The third kappa shape index (κ3) is 3.52. The Morgan fingerprint density at radius 1 is 1.30 bits per heavy atom. The van der Waals surface area contributed by atoms with E-state index in [1.165, 1.54) is 0 Å². The van der Waals surface area contributed by atoms with Crippen LogP contribution in [0.5, 0.6) is 0 Å². The second kappa shape index (κ2) is 3.62. The fourth-order valence-electron chi connectivity index (χ4n) is 0.407. The van der Waals surface area contributed by atoms with Crippen molar-refractivity contribution in [3.05, 3.63) is 0 Å². The number of Topliss-reactive ketones (excluding diaryl/α,β-unsaturated/α-hetero) is 1. The van der Waals surface area contributed by atoms with Gasteiger partial charge in [0.1, 0.15) is 0 Å². The molecule has 0 aromatic carbocycles. The molecule has 0 radical (unpaired) electrons. The maximum Gasteiger partial charge on any atom is 0.339 e. The lowest BCUT2D eigenvalue weighted by atomic mass is 10.2. The van der Waals surface area contributed by atoms with Gasteiger partial charge in [0.05, 0.1) is 0 Å². The molecule has 0 bridgehead atoms. The molecule has 4 N–H and O–H groups in total. The Morgan fingerprint density at radius 3 is 2.10 bits per heavy atom. The Kier molecular flexibility index (Phi) is 3.45. The van der Waals surface area contributed by atoms with Gasteiger partial charge in [-0.3, -0.25) is 4.79 Å². The molecule has 5 heteroatoms. The first kappa shape index (κ1) is 9.51. The lowest BCUT2D eigenvalue weighted by Crippen LogP contribution is -2.37.